The second-order valence-corrected chi connectivity index (χ2v) is 6.50. The predicted octanol–water partition coefficient (Wildman–Crippen LogP) is 1.85. The minimum atomic E-state index is 0.121. The van der Waals surface area contributed by atoms with Gasteiger partial charge in [0.2, 0.25) is 5.91 Å². The lowest BCUT2D eigenvalue weighted by molar-refractivity contribution is -0.129. The number of nitrogens with one attached hydrogen (secondary N) is 1. The maximum Gasteiger partial charge on any atom is 0.227 e. The van der Waals surface area contributed by atoms with Crippen LogP contribution in [0, 0.1) is 19.8 Å². The summed E-state index contributed by atoms with van der Waals surface area (Å²) in [4.78, 5) is 19.1. The fraction of sp³-hybridized carbons (Fsp3) is 0.500. The van der Waals surface area contributed by atoms with Crippen molar-refractivity contribution in [1.29, 1.82) is 0 Å². The fourth-order valence-corrected chi connectivity index (χ4v) is 3.36. The van der Waals surface area contributed by atoms with Crippen molar-refractivity contribution in [3.8, 4) is 0 Å². The number of aromatic amines is 1. The van der Waals surface area contributed by atoms with E-state index in [-0.39, 0.29) is 17.7 Å². The van der Waals surface area contributed by atoms with E-state index in [1.54, 1.807) is 7.11 Å². The molecule has 6 heteroatoms. The number of likely N-dealkylation sites (tertiary alicyclic amines) is 1. The molecule has 0 radical (unpaired) electrons. The summed E-state index contributed by atoms with van der Waals surface area (Å²) in [5, 5.41) is 7.19. The summed E-state index contributed by atoms with van der Waals surface area (Å²) in [6.07, 6.45) is 0.437. The molecule has 0 aliphatic carbocycles. The molecule has 2 atom stereocenters. The summed E-state index contributed by atoms with van der Waals surface area (Å²) in [5.74, 6) is 2.08. The molecule has 3 rings (SSSR count). The van der Waals surface area contributed by atoms with Gasteiger partial charge in [0.05, 0.1) is 13.0 Å². The number of aryl methyl sites for hydroxylation is 2. The molecule has 1 fully saturated rings. The van der Waals surface area contributed by atoms with Crippen LogP contribution in [0.3, 0.4) is 0 Å². The zero-order valence-electron chi connectivity index (χ0n) is 14.5. The lowest BCUT2D eigenvalue weighted by atomic mass is 9.96. The SMILES string of the molecule is COC[C@@H]1CN(C(=O)Cc2ccccc2C)C[C@H]1c1n[nH]c(C)n1. The number of aromatic nitrogens is 3. The Morgan fingerprint density at radius 2 is 2.12 bits per heavy atom. The maximum absolute atomic E-state index is 12.7. The van der Waals surface area contributed by atoms with E-state index in [1.807, 2.05) is 43.0 Å². The number of amides is 1. The van der Waals surface area contributed by atoms with Gasteiger partial charge in [-0.05, 0) is 25.0 Å². The van der Waals surface area contributed by atoms with E-state index in [0.29, 0.717) is 26.1 Å². The second-order valence-electron chi connectivity index (χ2n) is 6.50. The minimum Gasteiger partial charge on any atom is -0.384 e. The molecule has 1 aliphatic rings. The second kappa shape index (κ2) is 7.13. The van der Waals surface area contributed by atoms with Crippen molar-refractivity contribution in [1.82, 2.24) is 20.1 Å². The molecule has 2 aromatic rings. The number of carbonyl (C=O) groups excluding carboxylic acids is 1. The number of hydrogen-bond acceptors (Lipinski definition) is 4. The lowest BCUT2D eigenvalue weighted by Crippen LogP contribution is -2.30. The van der Waals surface area contributed by atoms with Gasteiger partial charge in [-0.25, -0.2) is 4.98 Å². The molecule has 0 unspecified atom stereocenters. The van der Waals surface area contributed by atoms with Crippen molar-refractivity contribution in [3.63, 3.8) is 0 Å². The molecular weight excluding hydrogens is 304 g/mol. The monoisotopic (exact) mass is 328 g/mol. The summed E-state index contributed by atoms with van der Waals surface area (Å²) >= 11 is 0. The van der Waals surface area contributed by atoms with Crippen LogP contribution in [0.2, 0.25) is 0 Å². The average molecular weight is 328 g/mol. The molecule has 0 saturated carbocycles. The van der Waals surface area contributed by atoms with Crippen LogP contribution in [-0.4, -0.2) is 52.8 Å². The van der Waals surface area contributed by atoms with Gasteiger partial charge in [-0.1, -0.05) is 24.3 Å². The predicted molar refractivity (Wildman–Crippen MR) is 90.7 cm³/mol. The number of rotatable bonds is 5. The Hall–Kier alpha value is -2.21. The fourth-order valence-electron chi connectivity index (χ4n) is 3.36. The highest BCUT2D eigenvalue weighted by atomic mass is 16.5. The molecule has 1 aromatic heterocycles. The largest absolute Gasteiger partial charge is 0.384 e. The third kappa shape index (κ3) is 3.48. The number of carbonyl (C=O) groups is 1. The van der Waals surface area contributed by atoms with Crippen molar-refractivity contribution < 1.29 is 9.53 Å². The summed E-state index contributed by atoms with van der Waals surface area (Å²) in [5.41, 5.74) is 2.24. The third-order valence-electron chi connectivity index (χ3n) is 4.72. The van der Waals surface area contributed by atoms with Crippen molar-refractivity contribution >= 4 is 5.91 Å². The molecule has 2 heterocycles. The van der Waals surface area contributed by atoms with E-state index in [4.69, 9.17) is 4.74 Å². The van der Waals surface area contributed by atoms with Crippen LogP contribution in [0.4, 0.5) is 0 Å². The Morgan fingerprint density at radius 1 is 1.33 bits per heavy atom. The van der Waals surface area contributed by atoms with Gasteiger partial charge >= 0.3 is 0 Å². The Labute approximate surface area is 142 Å². The molecule has 1 aromatic carbocycles. The topological polar surface area (TPSA) is 71.1 Å². The minimum absolute atomic E-state index is 0.121. The van der Waals surface area contributed by atoms with Crippen LogP contribution in [0.1, 0.15) is 28.7 Å². The first-order valence-corrected chi connectivity index (χ1v) is 8.28. The van der Waals surface area contributed by atoms with Gasteiger partial charge in [0, 0.05) is 32.0 Å². The molecule has 24 heavy (non-hydrogen) atoms. The maximum atomic E-state index is 12.7. The van der Waals surface area contributed by atoms with Crippen molar-refractivity contribution in [2.75, 3.05) is 26.8 Å². The first-order chi connectivity index (χ1) is 11.6. The lowest BCUT2D eigenvalue weighted by Gasteiger charge is -2.17. The van der Waals surface area contributed by atoms with Gasteiger partial charge in [-0.15, -0.1) is 0 Å². The van der Waals surface area contributed by atoms with E-state index < -0.39 is 0 Å². The van der Waals surface area contributed by atoms with E-state index in [2.05, 4.69) is 15.2 Å². The quantitative estimate of drug-likeness (QED) is 0.909. The van der Waals surface area contributed by atoms with Crippen LogP contribution in [0.5, 0.6) is 0 Å². The van der Waals surface area contributed by atoms with Crippen molar-refractivity contribution in [3.05, 3.63) is 47.0 Å². The molecule has 1 N–H and O–H groups in total. The van der Waals surface area contributed by atoms with E-state index >= 15 is 0 Å². The highest BCUT2D eigenvalue weighted by molar-refractivity contribution is 5.79. The zero-order valence-corrected chi connectivity index (χ0v) is 14.5. The summed E-state index contributed by atoms with van der Waals surface area (Å²) in [7, 11) is 1.69. The number of H-pyrrole nitrogens is 1. The van der Waals surface area contributed by atoms with Gasteiger partial charge in [0.25, 0.3) is 0 Å². The Morgan fingerprint density at radius 3 is 2.79 bits per heavy atom. The Balaban J connectivity index is 1.72. The van der Waals surface area contributed by atoms with E-state index in [0.717, 1.165) is 22.8 Å². The average Bonchev–Trinajstić information content (AvgIpc) is 3.16. The smallest absolute Gasteiger partial charge is 0.227 e. The van der Waals surface area contributed by atoms with Crippen molar-refractivity contribution in [2.24, 2.45) is 5.92 Å². The highest BCUT2D eigenvalue weighted by Crippen LogP contribution is 2.31. The summed E-state index contributed by atoms with van der Waals surface area (Å²) in [6, 6.07) is 8.04. The molecular formula is C18H24N4O2. The first-order valence-electron chi connectivity index (χ1n) is 8.28. The molecule has 128 valence electrons. The number of nitrogens with zero attached hydrogens (tertiary/aromatic N) is 3. The Bertz CT molecular complexity index is 713. The summed E-state index contributed by atoms with van der Waals surface area (Å²) < 4.78 is 5.35. The number of hydrogen-bond donors (Lipinski definition) is 1. The first kappa shape index (κ1) is 16.6. The van der Waals surface area contributed by atoms with Crippen LogP contribution in [0.25, 0.3) is 0 Å². The van der Waals surface area contributed by atoms with Gasteiger partial charge in [-0.3, -0.25) is 9.89 Å². The van der Waals surface area contributed by atoms with Gasteiger partial charge in [-0.2, -0.15) is 5.10 Å². The van der Waals surface area contributed by atoms with Crippen LogP contribution in [-0.2, 0) is 16.0 Å². The van der Waals surface area contributed by atoms with E-state index in [1.165, 1.54) is 0 Å². The molecule has 1 aliphatic heterocycles. The zero-order chi connectivity index (χ0) is 17.1. The van der Waals surface area contributed by atoms with Crippen LogP contribution >= 0.6 is 0 Å². The molecule has 1 saturated heterocycles. The number of methoxy groups -OCH3 is 1. The van der Waals surface area contributed by atoms with E-state index in [9.17, 15) is 4.79 Å². The molecule has 0 bridgehead atoms. The molecule has 0 spiro atoms. The molecule has 1 amide bonds. The molecule has 6 nitrogen and oxygen atoms in total. The number of ether oxygens (including phenoxy) is 1. The number of benzene rings is 1. The van der Waals surface area contributed by atoms with Gasteiger partial charge < -0.3 is 9.64 Å². The van der Waals surface area contributed by atoms with Gasteiger partial charge in [0.1, 0.15) is 5.82 Å². The summed E-state index contributed by atoms with van der Waals surface area (Å²) in [6.45, 7) is 5.87. The third-order valence-corrected chi connectivity index (χ3v) is 4.72. The normalized spacial score (nSPS) is 20.5. The van der Waals surface area contributed by atoms with Crippen LogP contribution in [0.15, 0.2) is 24.3 Å². The Kier molecular flexibility index (Phi) is 4.94. The van der Waals surface area contributed by atoms with Crippen molar-refractivity contribution in [2.45, 2.75) is 26.2 Å². The van der Waals surface area contributed by atoms with Gasteiger partial charge in [0.15, 0.2) is 5.82 Å². The highest BCUT2D eigenvalue weighted by Gasteiger charge is 2.38. The van der Waals surface area contributed by atoms with Crippen LogP contribution < -0.4 is 0 Å². The standard InChI is InChI=1S/C18H24N4O2/c1-12-6-4-5-7-14(12)8-17(23)22-9-15(11-24-3)16(10-22)18-19-13(2)20-21-18/h4-7,15-16H,8-11H2,1-3H3,(H,19,20,21)/t15-,16+/m0/s1.